The van der Waals surface area contributed by atoms with E-state index in [1.807, 2.05) is 13.8 Å². The van der Waals surface area contributed by atoms with Crippen LogP contribution in [0.5, 0.6) is 0 Å². The predicted molar refractivity (Wildman–Crippen MR) is 65.4 cm³/mol. The Balaban J connectivity index is 2.77. The molecule has 1 heterocycles. The van der Waals surface area contributed by atoms with Gasteiger partial charge in [0, 0.05) is 0 Å². The molecule has 1 aromatic rings. The van der Waals surface area contributed by atoms with Crippen molar-refractivity contribution in [3.8, 4) is 0 Å². The molecule has 0 spiro atoms. The number of hydrogen-bond acceptors (Lipinski definition) is 4. The maximum atomic E-state index is 11.9. The largest absolute Gasteiger partial charge is 0.480 e. The van der Waals surface area contributed by atoms with Crippen molar-refractivity contribution in [1.29, 1.82) is 0 Å². The van der Waals surface area contributed by atoms with Gasteiger partial charge < -0.3 is 10.4 Å². The summed E-state index contributed by atoms with van der Waals surface area (Å²) in [6, 6.07) is -0.825. The van der Waals surface area contributed by atoms with Crippen molar-refractivity contribution < 1.29 is 14.7 Å². The highest BCUT2D eigenvalue weighted by atomic mass is 32.1. The number of thiazole rings is 1. The van der Waals surface area contributed by atoms with Crippen molar-refractivity contribution in [3.05, 3.63) is 15.6 Å². The highest BCUT2D eigenvalue weighted by Gasteiger charge is 2.22. The Hall–Kier alpha value is -1.43. The molecule has 94 valence electrons. The fourth-order valence-corrected chi connectivity index (χ4v) is 2.33. The zero-order valence-corrected chi connectivity index (χ0v) is 10.9. The van der Waals surface area contributed by atoms with E-state index < -0.39 is 12.0 Å². The van der Waals surface area contributed by atoms with Gasteiger partial charge in [-0.3, -0.25) is 4.79 Å². The van der Waals surface area contributed by atoms with E-state index in [2.05, 4.69) is 10.3 Å². The van der Waals surface area contributed by atoms with Crippen LogP contribution in [0.2, 0.25) is 0 Å². The third kappa shape index (κ3) is 3.52. The fraction of sp³-hybridized carbons (Fsp3) is 0.545. The van der Waals surface area contributed by atoms with Crippen LogP contribution in [0.4, 0.5) is 0 Å². The van der Waals surface area contributed by atoms with E-state index in [0.29, 0.717) is 23.4 Å². The van der Waals surface area contributed by atoms with Gasteiger partial charge in [-0.25, -0.2) is 9.78 Å². The van der Waals surface area contributed by atoms with Crippen LogP contribution in [0.1, 0.15) is 40.1 Å². The van der Waals surface area contributed by atoms with Crippen molar-refractivity contribution in [2.75, 3.05) is 0 Å². The standard InChI is InChI=1S/C11H16N2O3S/c1-4-5-8(11(15)16)13-10(14)9-6(2)12-7(3)17-9/h8H,4-5H2,1-3H3,(H,13,14)(H,15,16). The minimum atomic E-state index is -1.00. The van der Waals surface area contributed by atoms with Crippen LogP contribution in [0, 0.1) is 13.8 Å². The molecule has 0 aliphatic heterocycles. The van der Waals surface area contributed by atoms with Crippen LogP contribution in [-0.4, -0.2) is 28.0 Å². The molecule has 0 aromatic carbocycles. The summed E-state index contributed by atoms with van der Waals surface area (Å²) in [6.45, 7) is 5.44. The van der Waals surface area contributed by atoms with Crippen molar-refractivity contribution in [1.82, 2.24) is 10.3 Å². The van der Waals surface area contributed by atoms with Gasteiger partial charge >= 0.3 is 5.97 Å². The first-order valence-corrected chi connectivity index (χ1v) is 6.25. The Kier molecular flexibility index (Phi) is 4.62. The van der Waals surface area contributed by atoms with E-state index in [9.17, 15) is 9.59 Å². The van der Waals surface area contributed by atoms with Crippen LogP contribution in [-0.2, 0) is 4.79 Å². The number of carbonyl (C=O) groups excluding carboxylic acids is 1. The highest BCUT2D eigenvalue weighted by Crippen LogP contribution is 2.17. The number of nitrogens with one attached hydrogen (secondary N) is 1. The van der Waals surface area contributed by atoms with Gasteiger partial charge in [0.15, 0.2) is 0 Å². The van der Waals surface area contributed by atoms with E-state index in [1.54, 1.807) is 6.92 Å². The molecule has 2 N–H and O–H groups in total. The van der Waals surface area contributed by atoms with E-state index in [4.69, 9.17) is 5.11 Å². The second kappa shape index (κ2) is 5.77. The third-order valence-electron chi connectivity index (χ3n) is 2.29. The van der Waals surface area contributed by atoms with Gasteiger partial charge in [0.1, 0.15) is 10.9 Å². The topological polar surface area (TPSA) is 79.3 Å². The minimum Gasteiger partial charge on any atom is -0.480 e. The number of carboxylic acid groups (broad SMARTS) is 1. The van der Waals surface area contributed by atoms with E-state index in [1.165, 1.54) is 11.3 Å². The molecular formula is C11H16N2O3S. The number of aryl methyl sites for hydroxylation is 2. The first kappa shape index (κ1) is 13.6. The Morgan fingerprint density at radius 1 is 1.47 bits per heavy atom. The molecule has 1 aromatic heterocycles. The molecule has 0 saturated carbocycles. The first-order valence-electron chi connectivity index (χ1n) is 5.43. The molecule has 0 saturated heterocycles. The fourth-order valence-electron chi connectivity index (χ4n) is 1.51. The molecule has 17 heavy (non-hydrogen) atoms. The van der Waals surface area contributed by atoms with E-state index >= 15 is 0 Å². The molecule has 5 nitrogen and oxygen atoms in total. The van der Waals surface area contributed by atoms with E-state index in [-0.39, 0.29) is 5.91 Å². The zero-order chi connectivity index (χ0) is 13.0. The number of aromatic nitrogens is 1. The maximum Gasteiger partial charge on any atom is 0.326 e. The Morgan fingerprint density at radius 2 is 2.12 bits per heavy atom. The summed E-state index contributed by atoms with van der Waals surface area (Å²) in [5.41, 5.74) is 0.644. The van der Waals surface area contributed by atoms with Gasteiger partial charge in [-0.05, 0) is 20.3 Å². The molecule has 0 bridgehead atoms. The van der Waals surface area contributed by atoms with Crippen molar-refractivity contribution in [3.63, 3.8) is 0 Å². The number of nitrogens with zero attached hydrogens (tertiary/aromatic N) is 1. The van der Waals surface area contributed by atoms with Gasteiger partial charge in [0.05, 0.1) is 10.7 Å². The van der Waals surface area contributed by atoms with Crippen molar-refractivity contribution in [2.45, 2.75) is 39.7 Å². The van der Waals surface area contributed by atoms with Crippen LogP contribution in [0.3, 0.4) is 0 Å². The molecule has 0 fully saturated rings. The quantitative estimate of drug-likeness (QED) is 0.841. The van der Waals surface area contributed by atoms with Crippen molar-refractivity contribution in [2.24, 2.45) is 0 Å². The van der Waals surface area contributed by atoms with Crippen molar-refractivity contribution >= 4 is 23.2 Å². The molecule has 0 radical (unpaired) electrons. The summed E-state index contributed by atoms with van der Waals surface area (Å²) >= 11 is 1.28. The Morgan fingerprint density at radius 3 is 2.53 bits per heavy atom. The second-order valence-electron chi connectivity index (χ2n) is 3.80. The summed E-state index contributed by atoms with van der Waals surface area (Å²) in [5.74, 6) is -1.35. The summed E-state index contributed by atoms with van der Waals surface area (Å²) in [5, 5.41) is 12.3. The third-order valence-corrected chi connectivity index (χ3v) is 3.36. The average molecular weight is 256 g/mol. The molecule has 1 amide bonds. The lowest BCUT2D eigenvalue weighted by Crippen LogP contribution is -2.40. The van der Waals surface area contributed by atoms with E-state index in [0.717, 1.165) is 5.01 Å². The monoisotopic (exact) mass is 256 g/mol. The summed E-state index contributed by atoms with van der Waals surface area (Å²) in [6.07, 6.45) is 1.13. The number of amides is 1. The molecule has 0 aliphatic rings. The van der Waals surface area contributed by atoms with Gasteiger partial charge in [-0.2, -0.15) is 0 Å². The lowest BCUT2D eigenvalue weighted by Gasteiger charge is -2.12. The lowest BCUT2D eigenvalue weighted by atomic mass is 10.1. The Labute approximate surface area is 104 Å². The second-order valence-corrected chi connectivity index (χ2v) is 5.00. The highest BCUT2D eigenvalue weighted by molar-refractivity contribution is 7.13. The lowest BCUT2D eigenvalue weighted by molar-refractivity contribution is -0.139. The molecule has 1 atom stereocenters. The SMILES string of the molecule is CCCC(NC(=O)c1sc(C)nc1C)C(=O)O. The maximum absolute atomic E-state index is 11.9. The normalized spacial score (nSPS) is 12.2. The summed E-state index contributed by atoms with van der Waals surface area (Å²) in [4.78, 5) is 27.4. The smallest absolute Gasteiger partial charge is 0.326 e. The Bertz CT molecular complexity index is 428. The molecule has 1 unspecified atom stereocenters. The van der Waals surface area contributed by atoms with Crippen LogP contribution in [0.15, 0.2) is 0 Å². The molecule has 1 rings (SSSR count). The van der Waals surface area contributed by atoms with Gasteiger partial charge in [0.25, 0.3) is 5.91 Å². The van der Waals surface area contributed by atoms with Crippen LogP contribution < -0.4 is 5.32 Å². The zero-order valence-electron chi connectivity index (χ0n) is 10.1. The van der Waals surface area contributed by atoms with Gasteiger partial charge in [0.2, 0.25) is 0 Å². The number of rotatable bonds is 5. The van der Waals surface area contributed by atoms with Gasteiger partial charge in [-0.15, -0.1) is 11.3 Å². The number of hydrogen-bond donors (Lipinski definition) is 2. The van der Waals surface area contributed by atoms with Crippen LogP contribution in [0.25, 0.3) is 0 Å². The number of aliphatic carboxylic acids is 1. The average Bonchev–Trinajstić information content (AvgIpc) is 2.57. The number of carboxylic acids is 1. The summed E-state index contributed by atoms with van der Waals surface area (Å²) in [7, 11) is 0. The first-order chi connectivity index (χ1) is 7.95. The molecular weight excluding hydrogens is 240 g/mol. The summed E-state index contributed by atoms with van der Waals surface area (Å²) < 4.78 is 0. The number of carbonyl (C=O) groups is 2. The molecule has 0 aliphatic carbocycles. The van der Waals surface area contributed by atoms with Gasteiger partial charge in [-0.1, -0.05) is 13.3 Å². The molecule has 6 heteroatoms. The minimum absolute atomic E-state index is 0.353. The van der Waals surface area contributed by atoms with Crippen LogP contribution >= 0.6 is 11.3 Å². The predicted octanol–water partition coefficient (Wildman–Crippen LogP) is 1.74.